The van der Waals surface area contributed by atoms with E-state index in [1.807, 2.05) is 0 Å². The van der Waals surface area contributed by atoms with Gasteiger partial charge in [-0.1, -0.05) is 18.6 Å². The van der Waals surface area contributed by atoms with Crippen LogP contribution in [0.15, 0.2) is 11.6 Å². The van der Waals surface area contributed by atoms with Crippen molar-refractivity contribution in [2.75, 3.05) is 6.61 Å². The van der Waals surface area contributed by atoms with Gasteiger partial charge in [0.1, 0.15) is 0 Å². The van der Waals surface area contributed by atoms with Gasteiger partial charge in [-0.2, -0.15) is 0 Å². The van der Waals surface area contributed by atoms with Crippen molar-refractivity contribution >= 4 is 0 Å². The molecule has 0 amide bonds. The number of fused-ring (bicyclic) bond motifs is 1. The van der Waals surface area contributed by atoms with Crippen LogP contribution in [-0.4, -0.2) is 18.5 Å². The first-order chi connectivity index (χ1) is 9.22. The molecule has 1 heterocycles. The molecule has 0 aromatic rings. The van der Waals surface area contributed by atoms with Gasteiger partial charge in [-0.3, -0.25) is 0 Å². The van der Waals surface area contributed by atoms with Crippen molar-refractivity contribution in [2.45, 2.75) is 83.5 Å². The average Bonchev–Trinajstić information content (AvgIpc) is 2.95. The molecule has 108 valence electrons. The van der Waals surface area contributed by atoms with Gasteiger partial charge in [-0.15, -0.1) is 0 Å². The molecule has 1 saturated carbocycles. The van der Waals surface area contributed by atoms with Gasteiger partial charge in [-0.25, -0.2) is 0 Å². The van der Waals surface area contributed by atoms with Gasteiger partial charge in [-0.05, 0) is 58.3 Å². The number of hydrogen-bond donors (Lipinski definition) is 0. The molecule has 3 unspecified atom stereocenters. The molecule has 2 nitrogen and oxygen atoms in total. The average molecular weight is 264 g/mol. The summed E-state index contributed by atoms with van der Waals surface area (Å²) in [7, 11) is 0. The summed E-state index contributed by atoms with van der Waals surface area (Å²) in [5, 5.41) is 0. The molecule has 2 fully saturated rings. The van der Waals surface area contributed by atoms with E-state index >= 15 is 0 Å². The first-order valence-electron chi connectivity index (χ1n) is 8.24. The third-order valence-corrected chi connectivity index (χ3v) is 5.57. The molecule has 2 heteroatoms. The van der Waals surface area contributed by atoms with E-state index in [0.717, 1.165) is 19.4 Å². The van der Waals surface area contributed by atoms with E-state index < -0.39 is 0 Å². The fraction of sp³-hybridized carbons (Fsp3) is 0.882. The molecule has 0 bridgehead atoms. The summed E-state index contributed by atoms with van der Waals surface area (Å²) >= 11 is 0. The quantitative estimate of drug-likeness (QED) is 0.691. The predicted molar refractivity (Wildman–Crippen MR) is 77.0 cm³/mol. The lowest BCUT2D eigenvalue weighted by molar-refractivity contribution is -0.259. The van der Waals surface area contributed by atoms with Crippen molar-refractivity contribution in [3.05, 3.63) is 11.6 Å². The Morgan fingerprint density at radius 2 is 2.16 bits per heavy atom. The summed E-state index contributed by atoms with van der Waals surface area (Å²) in [4.78, 5) is 0. The molecule has 0 radical (unpaired) electrons. The van der Waals surface area contributed by atoms with Crippen molar-refractivity contribution in [3.8, 4) is 0 Å². The lowest BCUT2D eigenvalue weighted by Gasteiger charge is -2.43. The highest BCUT2D eigenvalue weighted by Crippen LogP contribution is 2.61. The largest absolute Gasteiger partial charge is 0.349 e. The number of allylic oxidation sites excluding steroid dienone is 1. The third kappa shape index (κ3) is 2.08. The summed E-state index contributed by atoms with van der Waals surface area (Å²) in [5.74, 6) is -0.286. The summed E-state index contributed by atoms with van der Waals surface area (Å²) < 4.78 is 12.7. The minimum atomic E-state index is -0.286. The molecule has 1 saturated heterocycles. The Bertz CT molecular complexity index is 348. The maximum absolute atomic E-state index is 6.47. The Kier molecular flexibility index (Phi) is 3.74. The van der Waals surface area contributed by atoms with Crippen LogP contribution in [0.3, 0.4) is 0 Å². The van der Waals surface area contributed by atoms with Crippen LogP contribution in [0.1, 0.15) is 71.6 Å². The highest BCUT2D eigenvalue weighted by atomic mass is 16.7. The molecule has 3 aliphatic rings. The number of ether oxygens (including phenoxy) is 2. The predicted octanol–water partition coefficient (Wildman–Crippen LogP) is 4.59. The molecular weight excluding hydrogens is 236 g/mol. The SMILES string of the molecule is CCC(C)OC12CCCC1(C1=CCCCC1)CCO2. The zero-order chi connectivity index (χ0) is 13.3. The van der Waals surface area contributed by atoms with Crippen LogP contribution in [0.25, 0.3) is 0 Å². The van der Waals surface area contributed by atoms with E-state index in [1.54, 1.807) is 5.57 Å². The van der Waals surface area contributed by atoms with Crippen molar-refractivity contribution in [1.82, 2.24) is 0 Å². The molecule has 1 aliphatic heterocycles. The molecular formula is C17H28O2. The topological polar surface area (TPSA) is 18.5 Å². The van der Waals surface area contributed by atoms with Crippen molar-refractivity contribution in [1.29, 1.82) is 0 Å². The highest BCUT2D eigenvalue weighted by Gasteiger charge is 2.62. The second kappa shape index (κ2) is 5.21. The summed E-state index contributed by atoms with van der Waals surface area (Å²) in [6.45, 7) is 5.27. The van der Waals surface area contributed by atoms with Gasteiger partial charge in [0.2, 0.25) is 0 Å². The molecule has 3 atom stereocenters. The monoisotopic (exact) mass is 264 g/mol. The molecule has 0 aromatic carbocycles. The van der Waals surface area contributed by atoms with Gasteiger partial charge >= 0.3 is 0 Å². The molecule has 3 rings (SSSR count). The van der Waals surface area contributed by atoms with E-state index in [4.69, 9.17) is 9.47 Å². The fourth-order valence-electron chi connectivity index (χ4n) is 4.42. The zero-order valence-electron chi connectivity index (χ0n) is 12.5. The van der Waals surface area contributed by atoms with Crippen LogP contribution in [-0.2, 0) is 9.47 Å². The lowest BCUT2D eigenvalue weighted by atomic mass is 9.70. The molecule has 2 aliphatic carbocycles. The Labute approximate surface area is 117 Å². The van der Waals surface area contributed by atoms with Crippen molar-refractivity contribution < 1.29 is 9.47 Å². The Hall–Kier alpha value is -0.340. The molecule has 0 N–H and O–H groups in total. The van der Waals surface area contributed by atoms with Crippen LogP contribution in [0.2, 0.25) is 0 Å². The molecule has 0 spiro atoms. The van der Waals surface area contributed by atoms with E-state index in [-0.39, 0.29) is 11.2 Å². The maximum atomic E-state index is 6.47. The van der Waals surface area contributed by atoms with Gasteiger partial charge in [0.05, 0.1) is 12.7 Å². The number of rotatable bonds is 4. The first-order valence-corrected chi connectivity index (χ1v) is 8.24. The van der Waals surface area contributed by atoms with Gasteiger partial charge in [0.15, 0.2) is 5.79 Å². The Morgan fingerprint density at radius 3 is 2.89 bits per heavy atom. The van der Waals surface area contributed by atoms with Crippen molar-refractivity contribution in [3.63, 3.8) is 0 Å². The maximum Gasteiger partial charge on any atom is 0.177 e. The Morgan fingerprint density at radius 1 is 1.26 bits per heavy atom. The number of hydrogen-bond acceptors (Lipinski definition) is 2. The first kappa shape index (κ1) is 13.6. The smallest absolute Gasteiger partial charge is 0.177 e. The lowest BCUT2D eigenvalue weighted by Crippen LogP contribution is -2.46. The van der Waals surface area contributed by atoms with E-state index in [0.29, 0.717) is 6.10 Å². The third-order valence-electron chi connectivity index (χ3n) is 5.57. The standard InChI is InChI=1S/C17H28O2/c1-3-14(2)19-17-11-7-10-16(17,12-13-18-17)15-8-5-4-6-9-15/h8,14H,3-7,9-13H2,1-2H3. The highest BCUT2D eigenvalue weighted by molar-refractivity contribution is 5.25. The fourth-order valence-corrected chi connectivity index (χ4v) is 4.42. The van der Waals surface area contributed by atoms with E-state index in [9.17, 15) is 0 Å². The van der Waals surface area contributed by atoms with Crippen LogP contribution in [0.4, 0.5) is 0 Å². The van der Waals surface area contributed by atoms with Gasteiger partial charge < -0.3 is 9.47 Å². The van der Waals surface area contributed by atoms with Gasteiger partial charge in [0, 0.05) is 11.8 Å². The van der Waals surface area contributed by atoms with Crippen LogP contribution in [0, 0.1) is 5.41 Å². The van der Waals surface area contributed by atoms with Crippen molar-refractivity contribution in [2.24, 2.45) is 5.41 Å². The molecule has 0 aromatic heterocycles. The second-order valence-electron chi connectivity index (χ2n) is 6.60. The van der Waals surface area contributed by atoms with Crippen LogP contribution < -0.4 is 0 Å². The summed E-state index contributed by atoms with van der Waals surface area (Å²) in [5.41, 5.74) is 1.88. The molecule has 19 heavy (non-hydrogen) atoms. The summed E-state index contributed by atoms with van der Waals surface area (Å²) in [6, 6.07) is 0. The van der Waals surface area contributed by atoms with Crippen LogP contribution in [0.5, 0.6) is 0 Å². The minimum absolute atomic E-state index is 0.219. The zero-order valence-corrected chi connectivity index (χ0v) is 12.5. The van der Waals surface area contributed by atoms with E-state index in [2.05, 4.69) is 19.9 Å². The van der Waals surface area contributed by atoms with E-state index in [1.165, 1.54) is 44.9 Å². The summed E-state index contributed by atoms with van der Waals surface area (Å²) in [6.07, 6.45) is 13.9. The second-order valence-corrected chi connectivity index (χ2v) is 6.60. The van der Waals surface area contributed by atoms with Gasteiger partial charge in [0.25, 0.3) is 0 Å². The van der Waals surface area contributed by atoms with Crippen LogP contribution >= 0.6 is 0 Å². The minimum Gasteiger partial charge on any atom is -0.349 e. The Balaban J connectivity index is 1.90. The normalized spacial score (nSPS) is 40.0.